The molecule has 0 N–H and O–H groups in total. The summed E-state index contributed by atoms with van der Waals surface area (Å²) >= 11 is 0. The van der Waals surface area contributed by atoms with E-state index >= 15 is 0 Å². The number of nitrogens with zero attached hydrogens (tertiary/aromatic N) is 4. The smallest absolute Gasteiger partial charge is 0.137 e. The third-order valence-corrected chi connectivity index (χ3v) is 15.2. The number of benzene rings is 7. The topological polar surface area (TPSA) is 33.5 Å². The van der Waals surface area contributed by atoms with Crippen LogP contribution in [0.25, 0.3) is 38.8 Å². The van der Waals surface area contributed by atoms with E-state index in [1.54, 1.807) is 0 Å². The number of hydrogen-bond acceptors (Lipinski definition) is 4. The first-order valence-electron chi connectivity index (χ1n) is 26.0. The van der Waals surface area contributed by atoms with Crippen molar-refractivity contribution in [1.82, 2.24) is 9.55 Å². The summed E-state index contributed by atoms with van der Waals surface area (Å²) in [5, 5.41) is 2.32. The molecule has 5 nitrogen and oxygen atoms in total. The lowest BCUT2D eigenvalue weighted by atomic mass is 9.77. The van der Waals surface area contributed by atoms with E-state index in [4.69, 9.17) is 9.72 Å². The van der Waals surface area contributed by atoms with Gasteiger partial charge in [-0.25, -0.2) is 4.98 Å². The SMILES string of the molecule is CC(C)(C)C1=C(C(C)(C)C)N(c2cc(Oc3ccc4c5ccccc5n(-c5cc(C(C)(C)c6ccccc6)ccn5)c4c3)cc(C(C)(C)c3ccccc3)c2)CN1c1cc(-c2ccccc2)cc(C(C)(C)C)c1. The molecule has 2 aromatic heterocycles. The minimum Gasteiger partial charge on any atom is -0.457 e. The van der Waals surface area contributed by atoms with Gasteiger partial charge in [0.25, 0.3) is 0 Å². The van der Waals surface area contributed by atoms with Gasteiger partial charge in [0.15, 0.2) is 0 Å². The van der Waals surface area contributed by atoms with Gasteiger partial charge in [-0.15, -0.1) is 0 Å². The maximum absolute atomic E-state index is 7.24. The van der Waals surface area contributed by atoms with Crippen LogP contribution < -0.4 is 14.5 Å². The molecule has 0 spiro atoms. The van der Waals surface area contributed by atoms with E-state index in [2.05, 4.69) is 286 Å². The number of hydrogen-bond donors (Lipinski definition) is 0. The second kappa shape index (κ2) is 18.3. The minimum atomic E-state index is -0.348. The van der Waals surface area contributed by atoms with Gasteiger partial charge in [0.1, 0.15) is 17.3 Å². The zero-order valence-corrected chi connectivity index (χ0v) is 45.3. The largest absolute Gasteiger partial charge is 0.457 e. The summed E-state index contributed by atoms with van der Waals surface area (Å²) in [5.41, 5.74) is 14.7. The van der Waals surface area contributed by atoms with Crippen LogP contribution in [0.15, 0.2) is 200 Å². The number of pyridine rings is 1. The Hall–Kier alpha value is -7.37. The molecule has 0 bridgehead atoms. The molecule has 0 fully saturated rings. The average molecular weight is 961 g/mol. The van der Waals surface area contributed by atoms with Crippen LogP contribution in [0.2, 0.25) is 0 Å². The standard InChI is InChI=1S/C68H72N4O/c1-64(2,3)51-37-47(46-25-17-14-18-26-46)38-53(39-51)70-45-71(63(66(7,8)9)62(70)65(4,5)6)54-40-52(68(12,13)49-29-21-16-22-30-49)41-56(43-54)73-55-33-34-58-57-31-23-24-32-59(57)72(60(58)44-55)61-42-50(35-36-69-61)67(10,11)48-27-19-15-20-28-48/h14-44H,45H2,1-13H3. The van der Waals surface area contributed by atoms with Crippen LogP contribution in [-0.2, 0) is 16.2 Å². The van der Waals surface area contributed by atoms with Gasteiger partial charge in [-0.1, -0.05) is 205 Å². The molecule has 9 aromatic rings. The highest BCUT2D eigenvalue weighted by Crippen LogP contribution is 2.50. The summed E-state index contributed by atoms with van der Waals surface area (Å²) < 4.78 is 9.53. The Balaban J connectivity index is 1.13. The van der Waals surface area contributed by atoms with Crippen molar-refractivity contribution in [2.45, 2.75) is 106 Å². The van der Waals surface area contributed by atoms with Gasteiger partial charge in [0, 0.05) is 73.5 Å². The second-order valence-electron chi connectivity index (χ2n) is 24.3. The van der Waals surface area contributed by atoms with E-state index < -0.39 is 0 Å². The summed E-state index contributed by atoms with van der Waals surface area (Å²) in [4.78, 5) is 10.2. The lowest BCUT2D eigenvalue weighted by molar-refractivity contribution is 0.444. The maximum atomic E-state index is 7.24. The van der Waals surface area contributed by atoms with Crippen molar-refractivity contribution in [2.75, 3.05) is 16.5 Å². The van der Waals surface area contributed by atoms with Gasteiger partial charge in [-0.05, 0) is 99.0 Å². The summed E-state index contributed by atoms with van der Waals surface area (Å²) in [6, 6.07) is 66.1. The van der Waals surface area contributed by atoms with E-state index in [1.165, 1.54) is 61.4 Å². The number of anilines is 2. The first-order valence-corrected chi connectivity index (χ1v) is 26.0. The highest BCUT2D eigenvalue weighted by Gasteiger charge is 2.43. The third-order valence-electron chi connectivity index (χ3n) is 15.2. The fraction of sp³-hybridized carbons (Fsp3) is 0.279. The Morgan fingerprint density at radius 2 is 0.918 bits per heavy atom. The minimum absolute atomic E-state index is 0.0573. The average Bonchev–Trinajstić information content (AvgIpc) is 3.95. The van der Waals surface area contributed by atoms with Crippen LogP contribution in [0.4, 0.5) is 11.4 Å². The molecule has 0 amide bonds. The Bertz CT molecular complexity index is 3510. The van der Waals surface area contributed by atoms with Crippen LogP contribution in [0.1, 0.15) is 118 Å². The Morgan fingerprint density at radius 3 is 1.52 bits per heavy atom. The molecular formula is C68H72N4O. The van der Waals surface area contributed by atoms with Crippen molar-refractivity contribution < 1.29 is 4.74 Å². The lowest BCUT2D eigenvalue weighted by Gasteiger charge is -2.35. The number of fused-ring (bicyclic) bond motifs is 3. The number of ether oxygens (including phenoxy) is 1. The third kappa shape index (κ3) is 9.35. The maximum Gasteiger partial charge on any atom is 0.137 e. The summed E-state index contributed by atoms with van der Waals surface area (Å²) in [6.07, 6.45) is 1.95. The van der Waals surface area contributed by atoms with Crippen molar-refractivity contribution in [2.24, 2.45) is 10.8 Å². The van der Waals surface area contributed by atoms with E-state index in [1.807, 2.05) is 6.20 Å². The van der Waals surface area contributed by atoms with Gasteiger partial charge in [0.2, 0.25) is 0 Å². The Kier molecular flexibility index (Phi) is 12.3. The van der Waals surface area contributed by atoms with E-state index in [9.17, 15) is 0 Å². The Labute approximate surface area is 434 Å². The highest BCUT2D eigenvalue weighted by atomic mass is 16.5. The van der Waals surface area contributed by atoms with Crippen molar-refractivity contribution in [3.8, 4) is 28.4 Å². The van der Waals surface area contributed by atoms with Crippen molar-refractivity contribution in [1.29, 1.82) is 0 Å². The molecule has 73 heavy (non-hydrogen) atoms. The first-order chi connectivity index (χ1) is 34.6. The number of allylic oxidation sites excluding steroid dienone is 2. The highest BCUT2D eigenvalue weighted by molar-refractivity contribution is 6.09. The summed E-state index contributed by atoms with van der Waals surface area (Å²) in [7, 11) is 0. The molecule has 0 aliphatic carbocycles. The molecule has 0 unspecified atom stereocenters. The molecular weight excluding hydrogens is 889 g/mol. The Morgan fingerprint density at radius 1 is 0.384 bits per heavy atom. The second-order valence-corrected chi connectivity index (χ2v) is 24.3. The van der Waals surface area contributed by atoms with Crippen molar-refractivity contribution >= 4 is 33.2 Å². The van der Waals surface area contributed by atoms with Crippen LogP contribution in [0, 0.1) is 10.8 Å². The fourth-order valence-corrected chi connectivity index (χ4v) is 11.0. The molecule has 0 radical (unpaired) electrons. The predicted octanol–water partition coefficient (Wildman–Crippen LogP) is 18.2. The van der Waals surface area contributed by atoms with Crippen molar-refractivity contribution in [3.63, 3.8) is 0 Å². The first kappa shape index (κ1) is 49.2. The molecule has 7 aromatic carbocycles. The van der Waals surface area contributed by atoms with Crippen LogP contribution in [0.3, 0.4) is 0 Å². The van der Waals surface area contributed by atoms with E-state index in [0.717, 1.165) is 39.4 Å². The molecule has 370 valence electrons. The van der Waals surface area contributed by atoms with E-state index in [0.29, 0.717) is 6.67 Å². The van der Waals surface area contributed by atoms with E-state index in [-0.39, 0.29) is 27.1 Å². The molecule has 0 atom stereocenters. The number of rotatable bonds is 10. The molecule has 10 rings (SSSR count). The fourth-order valence-electron chi connectivity index (χ4n) is 11.0. The summed E-state index contributed by atoms with van der Waals surface area (Å²) in [5.74, 6) is 2.42. The van der Waals surface area contributed by atoms with Gasteiger partial charge in [-0.3, -0.25) is 4.57 Å². The van der Waals surface area contributed by atoms with Crippen LogP contribution in [-0.4, -0.2) is 16.2 Å². The van der Waals surface area contributed by atoms with Gasteiger partial charge < -0.3 is 14.5 Å². The zero-order chi connectivity index (χ0) is 51.7. The van der Waals surface area contributed by atoms with Crippen molar-refractivity contribution in [3.05, 3.63) is 227 Å². The monoisotopic (exact) mass is 961 g/mol. The lowest BCUT2D eigenvalue weighted by Crippen LogP contribution is -2.32. The molecule has 1 aliphatic rings. The molecule has 0 saturated heterocycles. The number of aromatic nitrogens is 2. The van der Waals surface area contributed by atoms with Crippen LogP contribution >= 0.6 is 0 Å². The van der Waals surface area contributed by atoms with Gasteiger partial charge in [-0.2, -0.15) is 0 Å². The van der Waals surface area contributed by atoms with Gasteiger partial charge >= 0.3 is 0 Å². The molecule has 1 aliphatic heterocycles. The van der Waals surface area contributed by atoms with Gasteiger partial charge in [0.05, 0.1) is 17.7 Å². The summed E-state index contributed by atoms with van der Waals surface area (Å²) in [6.45, 7) is 31.0. The number of para-hydroxylation sites is 1. The van der Waals surface area contributed by atoms with Crippen LogP contribution in [0.5, 0.6) is 11.5 Å². The normalized spacial score (nSPS) is 13.9. The molecule has 0 saturated carbocycles. The quantitative estimate of drug-likeness (QED) is 0.137. The molecule has 5 heteroatoms. The predicted molar refractivity (Wildman–Crippen MR) is 309 cm³/mol. The zero-order valence-electron chi connectivity index (χ0n) is 45.3. The molecule has 3 heterocycles.